The van der Waals surface area contributed by atoms with Crippen LogP contribution in [0.15, 0.2) is 29.2 Å². The van der Waals surface area contributed by atoms with Gasteiger partial charge in [-0.2, -0.15) is 9.57 Å². The zero-order valence-electron chi connectivity index (χ0n) is 9.91. The van der Waals surface area contributed by atoms with Crippen LogP contribution in [0, 0.1) is 11.3 Å². The molecule has 0 radical (unpaired) electrons. The molecule has 5 nitrogen and oxygen atoms in total. The smallest absolute Gasteiger partial charge is 0.244 e. The van der Waals surface area contributed by atoms with Crippen molar-refractivity contribution in [3.63, 3.8) is 0 Å². The van der Waals surface area contributed by atoms with Crippen molar-refractivity contribution < 1.29 is 8.42 Å². The van der Waals surface area contributed by atoms with Gasteiger partial charge in [0.1, 0.15) is 0 Å². The minimum absolute atomic E-state index is 0.138. The zero-order chi connectivity index (χ0) is 13.2. The molecule has 1 aromatic carbocycles. The van der Waals surface area contributed by atoms with E-state index in [9.17, 15) is 8.42 Å². The van der Waals surface area contributed by atoms with E-state index in [4.69, 9.17) is 11.0 Å². The lowest BCUT2D eigenvalue weighted by molar-refractivity contribution is 0.258. The Balaban J connectivity index is 2.38. The molecule has 1 aromatic rings. The van der Waals surface area contributed by atoms with E-state index in [0.717, 1.165) is 12.8 Å². The largest absolute Gasteiger partial charge is 0.315 e. The molecule has 0 bridgehead atoms. The van der Waals surface area contributed by atoms with Crippen molar-refractivity contribution in [2.45, 2.75) is 30.3 Å². The molecule has 1 saturated heterocycles. The first kappa shape index (κ1) is 13.0. The molecule has 1 fully saturated rings. The fraction of sp³-hybridized carbons (Fsp3) is 0.417. The van der Waals surface area contributed by atoms with E-state index in [-0.39, 0.29) is 4.90 Å². The average molecular weight is 265 g/mol. The Bertz CT molecular complexity index is 577. The SMILES string of the molecule is N#Cc1cccc(S(=O)(=O)N2CCCCC2N)c1. The second-order valence-corrected chi connectivity index (χ2v) is 6.21. The minimum Gasteiger partial charge on any atom is -0.315 e. The van der Waals surface area contributed by atoms with Gasteiger partial charge in [-0.25, -0.2) is 8.42 Å². The van der Waals surface area contributed by atoms with E-state index in [1.54, 1.807) is 12.1 Å². The van der Waals surface area contributed by atoms with Crippen LogP contribution in [0.5, 0.6) is 0 Å². The van der Waals surface area contributed by atoms with Gasteiger partial charge < -0.3 is 5.73 Å². The van der Waals surface area contributed by atoms with Crippen LogP contribution in [-0.4, -0.2) is 25.4 Å². The van der Waals surface area contributed by atoms with E-state index in [1.165, 1.54) is 16.4 Å². The molecule has 1 aliphatic rings. The van der Waals surface area contributed by atoms with Gasteiger partial charge >= 0.3 is 0 Å². The van der Waals surface area contributed by atoms with E-state index >= 15 is 0 Å². The Hall–Kier alpha value is -1.42. The zero-order valence-corrected chi connectivity index (χ0v) is 10.7. The summed E-state index contributed by atoms with van der Waals surface area (Å²) < 4.78 is 26.1. The van der Waals surface area contributed by atoms with Crippen molar-refractivity contribution in [2.75, 3.05) is 6.54 Å². The van der Waals surface area contributed by atoms with Crippen LogP contribution in [0.1, 0.15) is 24.8 Å². The molecule has 2 rings (SSSR count). The summed E-state index contributed by atoms with van der Waals surface area (Å²) in [7, 11) is -3.59. The maximum absolute atomic E-state index is 12.4. The number of hydrogen-bond acceptors (Lipinski definition) is 4. The number of hydrogen-bond donors (Lipinski definition) is 1. The summed E-state index contributed by atoms with van der Waals surface area (Å²) in [6.07, 6.45) is 1.99. The summed E-state index contributed by atoms with van der Waals surface area (Å²) >= 11 is 0. The molecule has 1 unspecified atom stereocenters. The highest BCUT2D eigenvalue weighted by atomic mass is 32.2. The van der Waals surface area contributed by atoms with E-state index < -0.39 is 16.2 Å². The fourth-order valence-electron chi connectivity index (χ4n) is 2.09. The first-order chi connectivity index (χ1) is 8.55. The number of benzene rings is 1. The van der Waals surface area contributed by atoms with Crippen molar-refractivity contribution >= 4 is 10.0 Å². The van der Waals surface area contributed by atoms with Crippen LogP contribution in [-0.2, 0) is 10.0 Å². The maximum atomic E-state index is 12.4. The third-order valence-corrected chi connectivity index (χ3v) is 4.99. The Labute approximate surface area is 107 Å². The quantitative estimate of drug-likeness (QED) is 0.864. The van der Waals surface area contributed by atoms with Crippen molar-refractivity contribution in [1.82, 2.24) is 4.31 Å². The van der Waals surface area contributed by atoms with Gasteiger partial charge in [-0.1, -0.05) is 6.07 Å². The molecule has 0 aromatic heterocycles. The number of rotatable bonds is 2. The topological polar surface area (TPSA) is 87.2 Å². The predicted molar refractivity (Wildman–Crippen MR) is 66.9 cm³/mol. The highest BCUT2D eigenvalue weighted by Gasteiger charge is 2.31. The molecule has 1 aliphatic heterocycles. The van der Waals surface area contributed by atoms with Crippen molar-refractivity contribution in [2.24, 2.45) is 5.73 Å². The molecule has 18 heavy (non-hydrogen) atoms. The first-order valence-electron chi connectivity index (χ1n) is 5.83. The summed E-state index contributed by atoms with van der Waals surface area (Å²) in [5.41, 5.74) is 6.19. The highest BCUT2D eigenvalue weighted by molar-refractivity contribution is 7.89. The van der Waals surface area contributed by atoms with Crippen molar-refractivity contribution in [3.05, 3.63) is 29.8 Å². The number of nitrogens with two attached hydrogens (primary N) is 1. The summed E-state index contributed by atoms with van der Waals surface area (Å²) in [4.78, 5) is 0.138. The molecule has 0 amide bonds. The van der Waals surface area contributed by atoms with E-state index in [2.05, 4.69) is 0 Å². The third-order valence-electron chi connectivity index (χ3n) is 3.07. The molecule has 0 aliphatic carbocycles. The average Bonchev–Trinajstić information content (AvgIpc) is 2.39. The lowest BCUT2D eigenvalue weighted by Gasteiger charge is -2.31. The Kier molecular flexibility index (Phi) is 3.66. The number of nitrogens with zero attached hydrogens (tertiary/aromatic N) is 2. The molecule has 96 valence electrons. The van der Waals surface area contributed by atoms with Crippen LogP contribution < -0.4 is 5.73 Å². The predicted octanol–water partition coefficient (Wildman–Crippen LogP) is 1.02. The van der Waals surface area contributed by atoms with Crippen molar-refractivity contribution in [3.8, 4) is 6.07 Å². The molecule has 1 atom stereocenters. The van der Waals surface area contributed by atoms with Crippen molar-refractivity contribution in [1.29, 1.82) is 5.26 Å². The molecule has 1 heterocycles. The number of piperidine rings is 1. The summed E-state index contributed by atoms with van der Waals surface area (Å²) in [6, 6.07) is 7.97. The van der Waals surface area contributed by atoms with Gasteiger partial charge in [-0.05, 0) is 37.5 Å². The summed E-state index contributed by atoms with van der Waals surface area (Å²) in [5.74, 6) is 0. The second-order valence-electron chi connectivity index (χ2n) is 4.32. The molecular weight excluding hydrogens is 250 g/mol. The maximum Gasteiger partial charge on any atom is 0.244 e. The molecule has 0 spiro atoms. The van der Waals surface area contributed by atoms with Gasteiger partial charge in [0.15, 0.2) is 0 Å². The van der Waals surface area contributed by atoms with Crippen LogP contribution in [0.4, 0.5) is 0 Å². The Morgan fingerprint density at radius 3 is 2.83 bits per heavy atom. The third kappa shape index (κ3) is 2.38. The molecule has 0 saturated carbocycles. The van der Waals surface area contributed by atoms with Gasteiger partial charge in [-0.15, -0.1) is 0 Å². The summed E-state index contributed by atoms with van der Waals surface area (Å²) in [5, 5.41) is 8.81. The molecular formula is C12H15N3O2S. The second kappa shape index (κ2) is 5.06. The standard InChI is InChI=1S/C12H15N3O2S/c13-9-10-4-3-5-11(8-10)18(16,17)15-7-2-1-6-12(15)14/h3-5,8,12H,1-2,6-7,14H2. The first-order valence-corrected chi connectivity index (χ1v) is 7.27. The fourth-order valence-corrected chi connectivity index (χ4v) is 3.72. The van der Waals surface area contributed by atoms with Gasteiger partial charge in [0.2, 0.25) is 10.0 Å². The molecule has 2 N–H and O–H groups in total. The number of sulfonamides is 1. The van der Waals surface area contributed by atoms with E-state index in [0.29, 0.717) is 18.5 Å². The Morgan fingerprint density at radius 2 is 2.17 bits per heavy atom. The number of nitriles is 1. The molecule has 6 heteroatoms. The lowest BCUT2D eigenvalue weighted by atomic mass is 10.1. The van der Waals surface area contributed by atoms with Crippen LogP contribution in [0.25, 0.3) is 0 Å². The van der Waals surface area contributed by atoms with Crippen LogP contribution in [0.3, 0.4) is 0 Å². The van der Waals surface area contributed by atoms with Gasteiger partial charge in [-0.3, -0.25) is 0 Å². The summed E-state index contributed by atoms with van der Waals surface area (Å²) in [6.45, 7) is 0.445. The Morgan fingerprint density at radius 1 is 1.39 bits per heavy atom. The van der Waals surface area contributed by atoms with Crippen LogP contribution in [0.2, 0.25) is 0 Å². The highest BCUT2D eigenvalue weighted by Crippen LogP contribution is 2.23. The minimum atomic E-state index is -3.59. The lowest BCUT2D eigenvalue weighted by Crippen LogP contribution is -2.48. The van der Waals surface area contributed by atoms with Crippen LogP contribution >= 0.6 is 0 Å². The van der Waals surface area contributed by atoms with Gasteiger partial charge in [0.25, 0.3) is 0 Å². The van der Waals surface area contributed by atoms with E-state index in [1.807, 2.05) is 6.07 Å². The van der Waals surface area contributed by atoms with Gasteiger partial charge in [0, 0.05) is 6.54 Å². The normalized spacial score (nSPS) is 21.4. The monoisotopic (exact) mass is 265 g/mol. The van der Waals surface area contributed by atoms with Gasteiger partial charge in [0.05, 0.1) is 22.7 Å².